The standard InChI is InChI=1S/C86H56N8/c1-7-19-54(20-8-1)79-63-35-39-67(87-63)81(56-23-11-3-12-24-56)71-43-47-75(91-71)85(76-48-44-72(92-76)82(57-25-13-4-14-26-57)68-40-36-64(79)88-68)60-33-31-53-32-34-61(52-62(53)51-60)86-77-49-45-73(93-77)83(58-27-15-5-16-28-58)69-41-37-65(89-69)80(55-21-9-2-10-22-55)66-38-42-70(90-66)84(59-29-17-6-18-30-59)74-46-50-78(86)94-74/h1-52,87,89,92,94H. The molecular weight excluding hydrogens is 1150 g/mol. The van der Waals surface area contributed by atoms with Crippen LogP contribution in [0.1, 0.15) is 45.6 Å². The topological polar surface area (TPSA) is 115 Å². The second-order valence-corrected chi connectivity index (χ2v) is 24.0. The van der Waals surface area contributed by atoms with Crippen molar-refractivity contribution in [1.82, 2.24) is 39.9 Å². The number of aromatic nitrogens is 8. The first-order valence-electron chi connectivity index (χ1n) is 31.8. The SMILES string of the molecule is C1=Cc2nc1c(-c1ccccc1)c1ccc([nH]1)c(-c1ccccc1)c1nc(c(-c3ccc4ccc(-c5c6nc(c(-c7ccccc7)c7ccc([nH]7)c(-c7ccccc7)c7nc(c(-c8ccccc8)c8ccc5[nH]8)C=C7)C=C6)cc4c3)c3ccc([nH]3)c2-c2ccccc2)C=C1. The molecular formula is C86H56N8. The maximum absolute atomic E-state index is 5.66. The fraction of sp³-hybridized carbons (Fsp3) is 0. The fourth-order valence-corrected chi connectivity index (χ4v) is 14.0. The monoisotopic (exact) mass is 1200 g/mol. The third-order valence-electron chi connectivity index (χ3n) is 18.3. The summed E-state index contributed by atoms with van der Waals surface area (Å²) in [4.78, 5) is 38.1. The van der Waals surface area contributed by atoms with Crippen molar-refractivity contribution >= 4 is 104 Å². The van der Waals surface area contributed by atoms with Gasteiger partial charge in [0, 0.05) is 88.6 Å². The molecule has 0 atom stereocenters. The third kappa shape index (κ3) is 9.56. The number of rotatable bonds is 8. The number of benzene rings is 8. The van der Waals surface area contributed by atoms with Gasteiger partial charge in [0.1, 0.15) is 0 Å². The lowest BCUT2D eigenvalue weighted by Crippen LogP contribution is -1.90. The Labute approximate surface area is 541 Å². The zero-order chi connectivity index (χ0) is 62.1. The summed E-state index contributed by atoms with van der Waals surface area (Å²) in [6, 6.07) is 94.4. The Bertz CT molecular complexity index is 5440. The molecule has 0 amide bonds. The lowest BCUT2D eigenvalue weighted by Gasteiger charge is -2.10. The molecule has 8 aromatic carbocycles. The molecule has 0 unspecified atom stereocenters. The molecule has 8 nitrogen and oxygen atoms in total. The quantitative estimate of drug-likeness (QED) is 0.121. The van der Waals surface area contributed by atoms with E-state index in [4.69, 9.17) is 19.9 Å². The van der Waals surface area contributed by atoms with Crippen molar-refractivity contribution in [3.05, 3.63) is 312 Å². The number of hydrogen-bond acceptors (Lipinski definition) is 4. The summed E-state index contributed by atoms with van der Waals surface area (Å²) in [7, 11) is 0. The van der Waals surface area contributed by atoms with Crippen LogP contribution in [0.5, 0.6) is 0 Å². The number of nitrogens with one attached hydrogen (secondary N) is 4. The van der Waals surface area contributed by atoms with Crippen LogP contribution in [0.3, 0.4) is 0 Å². The van der Waals surface area contributed by atoms with Gasteiger partial charge in [0.2, 0.25) is 0 Å². The molecule has 10 heterocycles. The van der Waals surface area contributed by atoms with E-state index in [1.807, 2.05) is 0 Å². The molecule has 0 saturated carbocycles. The molecule has 14 aromatic rings. The van der Waals surface area contributed by atoms with E-state index in [2.05, 4.69) is 335 Å². The largest absolute Gasteiger partial charge is 0.354 e. The van der Waals surface area contributed by atoms with E-state index >= 15 is 0 Å². The van der Waals surface area contributed by atoms with Crippen LogP contribution >= 0.6 is 0 Å². The van der Waals surface area contributed by atoms with Crippen molar-refractivity contribution < 1.29 is 0 Å². The van der Waals surface area contributed by atoms with Crippen molar-refractivity contribution in [3.8, 4) is 89.0 Å². The Hall–Kier alpha value is -12.8. The molecule has 4 N–H and O–H groups in total. The molecule has 0 saturated heterocycles. The highest BCUT2D eigenvalue weighted by molar-refractivity contribution is 6.05. The molecule has 18 rings (SSSR count). The molecule has 4 aliphatic heterocycles. The maximum atomic E-state index is 5.66. The average Bonchev–Trinajstić information content (AvgIpc) is 1.58. The number of H-pyrrole nitrogens is 4. The van der Waals surface area contributed by atoms with Crippen LogP contribution in [0, 0.1) is 0 Å². The van der Waals surface area contributed by atoms with E-state index in [1.165, 1.54) is 0 Å². The highest BCUT2D eigenvalue weighted by atomic mass is 14.8. The highest BCUT2D eigenvalue weighted by Gasteiger charge is 2.23. The number of fused-ring (bicyclic) bond motifs is 17. The highest BCUT2D eigenvalue weighted by Crippen LogP contribution is 2.43. The van der Waals surface area contributed by atoms with E-state index in [9.17, 15) is 0 Å². The van der Waals surface area contributed by atoms with Crippen LogP contribution in [0.15, 0.2) is 267 Å². The normalized spacial score (nSPS) is 12.3. The van der Waals surface area contributed by atoms with E-state index in [0.717, 1.165) is 189 Å². The van der Waals surface area contributed by atoms with E-state index in [-0.39, 0.29) is 0 Å². The molecule has 440 valence electrons. The van der Waals surface area contributed by atoms with Gasteiger partial charge in [-0.25, -0.2) is 19.9 Å². The number of hydrogen-bond donors (Lipinski definition) is 4. The summed E-state index contributed by atoms with van der Waals surface area (Å²) >= 11 is 0. The van der Waals surface area contributed by atoms with Crippen LogP contribution in [-0.4, -0.2) is 39.9 Å². The Morgan fingerprint density at radius 2 is 0.340 bits per heavy atom. The van der Waals surface area contributed by atoms with Crippen molar-refractivity contribution in [1.29, 1.82) is 0 Å². The van der Waals surface area contributed by atoms with Gasteiger partial charge in [0.05, 0.1) is 45.6 Å². The van der Waals surface area contributed by atoms with Gasteiger partial charge in [0.25, 0.3) is 0 Å². The lowest BCUT2D eigenvalue weighted by atomic mass is 9.96. The van der Waals surface area contributed by atoms with Gasteiger partial charge < -0.3 is 19.9 Å². The summed E-state index contributed by atoms with van der Waals surface area (Å²) in [5.41, 5.74) is 30.7. The molecule has 0 spiro atoms. The molecule has 0 aliphatic carbocycles. The minimum Gasteiger partial charge on any atom is -0.354 e. The molecule has 0 radical (unpaired) electrons. The van der Waals surface area contributed by atoms with Crippen LogP contribution in [0.2, 0.25) is 0 Å². The predicted octanol–water partition coefficient (Wildman–Crippen LogP) is 22.1. The summed E-state index contributed by atoms with van der Waals surface area (Å²) < 4.78 is 0. The number of aromatic amines is 4. The summed E-state index contributed by atoms with van der Waals surface area (Å²) in [6.45, 7) is 0. The van der Waals surface area contributed by atoms with Crippen LogP contribution in [0.25, 0.3) is 193 Å². The molecule has 8 heteroatoms. The van der Waals surface area contributed by atoms with Crippen molar-refractivity contribution in [2.45, 2.75) is 0 Å². The van der Waals surface area contributed by atoms with Crippen molar-refractivity contribution in [2.24, 2.45) is 0 Å². The smallest absolute Gasteiger partial charge is 0.0737 e. The van der Waals surface area contributed by atoms with Crippen molar-refractivity contribution in [2.75, 3.05) is 0 Å². The Morgan fingerprint density at radius 1 is 0.160 bits per heavy atom. The third-order valence-corrected chi connectivity index (χ3v) is 18.3. The molecule has 94 heavy (non-hydrogen) atoms. The van der Waals surface area contributed by atoms with Gasteiger partial charge in [0.15, 0.2) is 0 Å². The molecule has 6 aromatic heterocycles. The van der Waals surface area contributed by atoms with E-state index in [0.29, 0.717) is 0 Å². The average molecular weight is 1200 g/mol. The minimum atomic E-state index is 0.836. The molecule has 4 aliphatic rings. The predicted molar refractivity (Wildman–Crippen MR) is 392 cm³/mol. The molecule has 0 fully saturated rings. The van der Waals surface area contributed by atoms with Gasteiger partial charge in [-0.1, -0.05) is 206 Å². The van der Waals surface area contributed by atoms with Crippen LogP contribution in [-0.2, 0) is 0 Å². The van der Waals surface area contributed by atoms with Gasteiger partial charge in [-0.3, -0.25) is 0 Å². The Balaban J connectivity index is 0.895. The van der Waals surface area contributed by atoms with Gasteiger partial charge in [-0.2, -0.15) is 0 Å². The van der Waals surface area contributed by atoms with Crippen LogP contribution < -0.4 is 0 Å². The fourth-order valence-electron chi connectivity index (χ4n) is 14.0. The van der Waals surface area contributed by atoms with E-state index in [1.54, 1.807) is 0 Å². The first kappa shape index (κ1) is 54.2. The van der Waals surface area contributed by atoms with Crippen LogP contribution in [0.4, 0.5) is 0 Å². The van der Waals surface area contributed by atoms with E-state index < -0.39 is 0 Å². The van der Waals surface area contributed by atoms with Gasteiger partial charge >= 0.3 is 0 Å². The van der Waals surface area contributed by atoms with Gasteiger partial charge in [-0.05, 0) is 165 Å². The lowest BCUT2D eigenvalue weighted by molar-refractivity contribution is 1.31. The number of nitrogens with zero attached hydrogens (tertiary/aromatic N) is 4. The second-order valence-electron chi connectivity index (χ2n) is 24.0. The maximum Gasteiger partial charge on any atom is 0.0737 e. The zero-order valence-corrected chi connectivity index (χ0v) is 50.8. The summed E-state index contributed by atoms with van der Waals surface area (Å²) in [6.07, 6.45) is 17.3. The first-order valence-corrected chi connectivity index (χ1v) is 31.8. The zero-order valence-electron chi connectivity index (χ0n) is 50.8. The summed E-state index contributed by atoms with van der Waals surface area (Å²) in [5, 5.41) is 2.16. The molecule has 16 bridgehead atoms. The second kappa shape index (κ2) is 22.6. The Morgan fingerprint density at radius 3 is 0.532 bits per heavy atom. The first-order chi connectivity index (χ1) is 46.6. The van der Waals surface area contributed by atoms with Gasteiger partial charge in [-0.15, -0.1) is 0 Å². The summed E-state index contributed by atoms with van der Waals surface area (Å²) in [5.74, 6) is 0. The Kier molecular flexibility index (Phi) is 13.0. The van der Waals surface area contributed by atoms with Crippen molar-refractivity contribution in [3.63, 3.8) is 0 Å². The minimum absolute atomic E-state index is 0.836.